The molecule has 0 aromatic rings. The Balaban J connectivity index is 2.95. The fourth-order valence-electron chi connectivity index (χ4n) is 0.750. The highest BCUT2D eigenvalue weighted by molar-refractivity contribution is 4.44. The number of aliphatic hydroxyl groups excluding tert-OH is 1. The van der Waals surface area contributed by atoms with Crippen LogP contribution in [0.3, 0.4) is 0 Å². The normalized spacial score (nSPS) is 12.1. The lowest BCUT2D eigenvalue weighted by molar-refractivity contribution is -0.101. The van der Waals surface area contributed by atoms with Crippen LogP contribution in [0.1, 0.15) is 6.92 Å². The Kier molecular flexibility index (Phi) is 10.6. The molecule has 0 rings (SSSR count). The quantitative estimate of drug-likeness (QED) is 0.192. The minimum atomic E-state index is -0.756. The second-order valence-electron chi connectivity index (χ2n) is 2.65. The Morgan fingerprint density at radius 2 is 1.80 bits per heavy atom. The third kappa shape index (κ3) is 13.2. The molecule has 0 unspecified atom stereocenters. The summed E-state index contributed by atoms with van der Waals surface area (Å²) in [7, 11) is 0. The lowest BCUT2D eigenvalue weighted by Crippen LogP contribution is -2.14. The molecule has 0 aliphatic rings. The maximum absolute atomic E-state index is 8.73. The molecule has 0 aromatic carbocycles. The van der Waals surface area contributed by atoms with Crippen molar-refractivity contribution >= 4 is 0 Å². The number of nitrogens with zero attached hydrogens (tertiary/aromatic N) is 3. The van der Waals surface area contributed by atoms with Crippen LogP contribution in [-0.4, -0.2) is 51.0 Å². The van der Waals surface area contributed by atoms with Gasteiger partial charge >= 0.3 is 0 Å². The Morgan fingerprint density at radius 1 is 1.20 bits per heavy atom. The predicted octanol–water partition coefficient (Wildman–Crippen LogP) is 0.685. The van der Waals surface area contributed by atoms with Gasteiger partial charge in [-0.25, -0.2) is 0 Å². The van der Waals surface area contributed by atoms with E-state index in [-0.39, 0.29) is 0 Å². The molecular formula is C8H17N3O4. The monoisotopic (exact) mass is 219 g/mol. The zero-order chi connectivity index (χ0) is 11.4. The minimum Gasteiger partial charge on any atom is -0.379 e. The maximum atomic E-state index is 8.73. The molecular weight excluding hydrogens is 202 g/mol. The van der Waals surface area contributed by atoms with Crippen molar-refractivity contribution in [3.63, 3.8) is 0 Å². The van der Waals surface area contributed by atoms with Crippen LogP contribution in [0.5, 0.6) is 0 Å². The van der Waals surface area contributed by atoms with Gasteiger partial charge in [0.25, 0.3) is 0 Å². The van der Waals surface area contributed by atoms with Crippen LogP contribution in [0.4, 0.5) is 0 Å². The fraction of sp³-hybridized carbons (Fsp3) is 1.00. The summed E-state index contributed by atoms with van der Waals surface area (Å²) in [6.07, 6.45) is -0.756. The topological polar surface area (TPSA) is 96.7 Å². The van der Waals surface area contributed by atoms with Crippen LogP contribution in [0.15, 0.2) is 5.11 Å². The Hall–Kier alpha value is -0.850. The molecule has 0 aliphatic heterocycles. The molecule has 7 nitrogen and oxygen atoms in total. The first-order valence-corrected chi connectivity index (χ1v) is 4.73. The fourth-order valence-corrected chi connectivity index (χ4v) is 0.750. The van der Waals surface area contributed by atoms with Gasteiger partial charge in [-0.2, -0.15) is 0 Å². The number of ether oxygens (including phenoxy) is 3. The van der Waals surface area contributed by atoms with E-state index in [0.29, 0.717) is 39.6 Å². The molecule has 0 spiro atoms. The zero-order valence-corrected chi connectivity index (χ0v) is 8.83. The van der Waals surface area contributed by atoms with Gasteiger partial charge in [0.2, 0.25) is 0 Å². The molecule has 0 fully saturated rings. The predicted molar refractivity (Wildman–Crippen MR) is 53.3 cm³/mol. The van der Waals surface area contributed by atoms with E-state index in [1.807, 2.05) is 0 Å². The SMILES string of the molecule is C[C@H](O)OCCOCCOCCN=[N+]=[N-]. The van der Waals surface area contributed by atoms with Gasteiger partial charge in [0, 0.05) is 11.5 Å². The molecule has 0 saturated heterocycles. The first-order valence-electron chi connectivity index (χ1n) is 4.73. The second-order valence-corrected chi connectivity index (χ2v) is 2.65. The largest absolute Gasteiger partial charge is 0.379 e. The number of aliphatic hydroxyl groups is 1. The van der Waals surface area contributed by atoms with Gasteiger partial charge in [-0.3, -0.25) is 0 Å². The van der Waals surface area contributed by atoms with Gasteiger partial charge in [-0.05, 0) is 12.5 Å². The molecule has 1 N–H and O–H groups in total. The van der Waals surface area contributed by atoms with Gasteiger partial charge in [0.05, 0.1) is 33.0 Å². The van der Waals surface area contributed by atoms with E-state index in [1.54, 1.807) is 6.92 Å². The smallest absolute Gasteiger partial charge is 0.151 e. The number of hydrogen-bond acceptors (Lipinski definition) is 5. The lowest BCUT2D eigenvalue weighted by Gasteiger charge is -2.07. The van der Waals surface area contributed by atoms with Crippen LogP contribution in [0.25, 0.3) is 10.4 Å². The maximum Gasteiger partial charge on any atom is 0.151 e. The van der Waals surface area contributed by atoms with Crippen molar-refractivity contribution < 1.29 is 19.3 Å². The summed E-state index contributed by atoms with van der Waals surface area (Å²) in [5.74, 6) is 0. The summed E-state index contributed by atoms with van der Waals surface area (Å²) in [5, 5.41) is 12.0. The molecule has 0 saturated carbocycles. The van der Waals surface area contributed by atoms with E-state index in [2.05, 4.69) is 10.0 Å². The average molecular weight is 219 g/mol. The summed E-state index contributed by atoms with van der Waals surface area (Å²) in [6.45, 7) is 3.97. The van der Waals surface area contributed by atoms with Gasteiger partial charge in [0.1, 0.15) is 0 Å². The Labute approximate surface area is 88.6 Å². The third-order valence-corrected chi connectivity index (χ3v) is 1.36. The first-order chi connectivity index (χ1) is 7.27. The summed E-state index contributed by atoms with van der Waals surface area (Å²) >= 11 is 0. The zero-order valence-electron chi connectivity index (χ0n) is 8.83. The van der Waals surface area contributed by atoms with E-state index in [9.17, 15) is 0 Å². The molecule has 0 heterocycles. The number of rotatable bonds is 10. The van der Waals surface area contributed by atoms with Gasteiger partial charge in [-0.1, -0.05) is 5.11 Å². The number of hydrogen-bond donors (Lipinski definition) is 1. The van der Waals surface area contributed by atoms with E-state index in [1.165, 1.54) is 0 Å². The van der Waals surface area contributed by atoms with Crippen molar-refractivity contribution in [2.24, 2.45) is 5.11 Å². The molecule has 0 amide bonds. The van der Waals surface area contributed by atoms with Crippen LogP contribution in [-0.2, 0) is 14.2 Å². The van der Waals surface area contributed by atoms with Crippen LogP contribution < -0.4 is 0 Å². The summed E-state index contributed by atoms with van der Waals surface area (Å²) in [5.41, 5.74) is 7.95. The van der Waals surface area contributed by atoms with E-state index in [0.717, 1.165) is 0 Å². The van der Waals surface area contributed by atoms with Gasteiger partial charge in [-0.15, -0.1) is 0 Å². The van der Waals surface area contributed by atoms with Gasteiger partial charge in [0.15, 0.2) is 6.29 Å². The molecule has 0 bridgehead atoms. The lowest BCUT2D eigenvalue weighted by atomic mass is 10.7. The van der Waals surface area contributed by atoms with Crippen molar-refractivity contribution in [1.29, 1.82) is 0 Å². The summed E-state index contributed by atoms with van der Waals surface area (Å²) < 4.78 is 15.0. The van der Waals surface area contributed by atoms with E-state index in [4.69, 9.17) is 24.8 Å². The van der Waals surface area contributed by atoms with Gasteiger partial charge < -0.3 is 19.3 Å². The second kappa shape index (κ2) is 11.2. The van der Waals surface area contributed by atoms with Crippen molar-refractivity contribution in [2.75, 3.05) is 39.6 Å². The summed E-state index contributed by atoms with van der Waals surface area (Å²) in [6, 6.07) is 0. The highest BCUT2D eigenvalue weighted by Gasteiger charge is 1.94. The highest BCUT2D eigenvalue weighted by atomic mass is 16.6. The standard InChI is InChI=1S/C8H17N3O4/c1-8(12)15-7-6-14-5-4-13-3-2-10-11-9/h8,12H,2-7H2,1H3/t8-/m1/s1. The molecule has 15 heavy (non-hydrogen) atoms. The average Bonchev–Trinajstić information content (AvgIpc) is 2.20. The van der Waals surface area contributed by atoms with Crippen molar-refractivity contribution in [2.45, 2.75) is 13.2 Å². The Bertz CT molecular complexity index is 183. The molecule has 7 heteroatoms. The molecule has 0 aliphatic carbocycles. The molecule has 88 valence electrons. The molecule has 1 atom stereocenters. The van der Waals surface area contributed by atoms with Crippen molar-refractivity contribution in [3.8, 4) is 0 Å². The Morgan fingerprint density at radius 3 is 2.40 bits per heavy atom. The molecule has 0 aromatic heterocycles. The van der Waals surface area contributed by atoms with Crippen LogP contribution in [0.2, 0.25) is 0 Å². The first kappa shape index (κ1) is 14.2. The van der Waals surface area contributed by atoms with Crippen LogP contribution in [0, 0.1) is 0 Å². The number of azide groups is 1. The highest BCUT2D eigenvalue weighted by Crippen LogP contribution is 1.85. The van der Waals surface area contributed by atoms with E-state index < -0.39 is 6.29 Å². The van der Waals surface area contributed by atoms with Crippen molar-refractivity contribution in [1.82, 2.24) is 0 Å². The van der Waals surface area contributed by atoms with Crippen LogP contribution >= 0.6 is 0 Å². The van der Waals surface area contributed by atoms with Crippen molar-refractivity contribution in [3.05, 3.63) is 10.4 Å². The minimum absolute atomic E-state index is 0.335. The molecule has 0 radical (unpaired) electrons. The third-order valence-electron chi connectivity index (χ3n) is 1.36. The van der Waals surface area contributed by atoms with E-state index >= 15 is 0 Å². The summed E-state index contributed by atoms with van der Waals surface area (Å²) in [4.78, 5) is 2.58.